The van der Waals surface area contributed by atoms with Gasteiger partial charge in [-0.05, 0) is 11.1 Å². The first-order valence-electron chi connectivity index (χ1n) is 12.9. The molecule has 7 N–H and O–H groups in total. The van der Waals surface area contributed by atoms with E-state index in [1.807, 2.05) is 24.3 Å². The molecule has 10 atom stereocenters. The SMILES string of the molecule is O=C(NC1C(O[C@@H]2OC(CO)[C@H](O)C(O)C2O)[C@H](O)C(CO)O[C@@H]1OCc1ccccc1)OCc1ccccc1. The predicted octanol–water partition coefficient (Wildman–Crippen LogP) is -1.24. The number of carbonyl (C=O) groups is 1. The summed E-state index contributed by atoms with van der Waals surface area (Å²) < 4.78 is 28.3. The number of alkyl carbamates (subject to hydrolysis) is 1. The quantitative estimate of drug-likeness (QED) is 0.181. The van der Waals surface area contributed by atoms with Crippen molar-refractivity contribution in [2.75, 3.05) is 13.2 Å². The van der Waals surface area contributed by atoms with Gasteiger partial charge in [0.25, 0.3) is 0 Å². The van der Waals surface area contributed by atoms with Gasteiger partial charge in [0.2, 0.25) is 0 Å². The molecule has 2 aromatic carbocycles. The van der Waals surface area contributed by atoms with Crippen molar-refractivity contribution >= 4 is 6.09 Å². The maximum atomic E-state index is 12.8. The molecule has 2 aliphatic heterocycles. The number of nitrogens with one attached hydrogen (secondary N) is 1. The lowest BCUT2D eigenvalue weighted by molar-refractivity contribution is -0.345. The molecule has 0 aliphatic carbocycles. The van der Waals surface area contributed by atoms with E-state index in [-0.39, 0.29) is 13.2 Å². The predicted molar refractivity (Wildman–Crippen MR) is 135 cm³/mol. The van der Waals surface area contributed by atoms with Crippen molar-refractivity contribution < 1.29 is 59.1 Å². The van der Waals surface area contributed by atoms with Crippen LogP contribution in [-0.2, 0) is 36.9 Å². The van der Waals surface area contributed by atoms with Gasteiger partial charge in [0.15, 0.2) is 12.6 Å². The number of aliphatic hydroxyl groups is 6. The fourth-order valence-electron chi connectivity index (χ4n) is 4.51. The molecule has 1 amide bonds. The molecule has 2 fully saturated rings. The Bertz CT molecular complexity index is 1040. The van der Waals surface area contributed by atoms with E-state index in [1.165, 1.54) is 0 Å². The number of rotatable bonds is 10. The molecule has 0 radical (unpaired) electrons. The van der Waals surface area contributed by atoms with Gasteiger partial charge in [-0.1, -0.05) is 60.7 Å². The Kier molecular flexibility index (Phi) is 10.8. The van der Waals surface area contributed by atoms with Gasteiger partial charge in [0.05, 0.1) is 19.8 Å². The highest BCUT2D eigenvalue weighted by Gasteiger charge is 2.51. The van der Waals surface area contributed by atoms with Crippen LogP contribution in [0.15, 0.2) is 60.7 Å². The molecule has 0 saturated carbocycles. The van der Waals surface area contributed by atoms with Crippen LogP contribution in [0, 0.1) is 0 Å². The lowest BCUT2D eigenvalue weighted by Gasteiger charge is -2.47. The minimum atomic E-state index is -1.78. The molecule has 0 spiro atoms. The van der Waals surface area contributed by atoms with Crippen LogP contribution in [-0.4, -0.2) is 111 Å². The number of amides is 1. The summed E-state index contributed by atoms with van der Waals surface area (Å²) >= 11 is 0. The minimum absolute atomic E-state index is 0.0315. The van der Waals surface area contributed by atoms with Gasteiger partial charge in [-0.15, -0.1) is 0 Å². The van der Waals surface area contributed by atoms with Gasteiger partial charge < -0.3 is 59.6 Å². The van der Waals surface area contributed by atoms with E-state index in [4.69, 9.17) is 23.7 Å². The maximum Gasteiger partial charge on any atom is 0.407 e. The van der Waals surface area contributed by atoms with Crippen molar-refractivity contribution in [1.29, 1.82) is 0 Å². The first-order chi connectivity index (χ1) is 19.3. The highest BCUT2D eigenvalue weighted by Crippen LogP contribution is 2.30. The highest BCUT2D eigenvalue weighted by atomic mass is 16.7. The molecule has 6 unspecified atom stereocenters. The molecule has 220 valence electrons. The second-order valence-electron chi connectivity index (χ2n) is 9.54. The molecule has 0 bridgehead atoms. The third kappa shape index (κ3) is 7.33. The number of ether oxygens (including phenoxy) is 5. The van der Waals surface area contributed by atoms with E-state index in [0.29, 0.717) is 0 Å². The van der Waals surface area contributed by atoms with Crippen molar-refractivity contribution in [1.82, 2.24) is 5.32 Å². The van der Waals surface area contributed by atoms with E-state index in [9.17, 15) is 35.4 Å². The summed E-state index contributed by atoms with van der Waals surface area (Å²) in [6, 6.07) is 16.7. The van der Waals surface area contributed by atoms with Crippen molar-refractivity contribution in [2.24, 2.45) is 0 Å². The average Bonchev–Trinajstić information content (AvgIpc) is 2.98. The lowest BCUT2D eigenvalue weighted by atomic mass is 9.95. The summed E-state index contributed by atoms with van der Waals surface area (Å²) in [6.45, 7) is -1.37. The summed E-state index contributed by atoms with van der Waals surface area (Å²) in [4.78, 5) is 12.8. The molecule has 0 aromatic heterocycles. The molecule has 4 rings (SSSR count). The molecule has 2 saturated heterocycles. The van der Waals surface area contributed by atoms with Crippen LogP contribution in [0.1, 0.15) is 11.1 Å². The number of benzene rings is 2. The second kappa shape index (κ2) is 14.3. The summed E-state index contributed by atoms with van der Waals surface area (Å²) in [6.07, 6.45) is -14.5. The second-order valence-corrected chi connectivity index (χ2v) is 9.54. The Morgan fingerprint density at radius 2 is 1.27 bits per heavy atom. The maximum absolute atomic E-state index is 12.8. The smallest absolute Gasteiger partial charge is 0.407 e. The molecule has 13 heteroatoms. The zero-order valence-electron chi connectivity index (χ0n) is 21.5. The van der Waals surface area contributed by atoms with E-state index >= 15 is 0 Å². The standard InChI is InChI=1S/C27H35NO12/c29-11-17-20(31)22(33)23(34)26(39-17)40-24-19(28-27(35)37-14-16-9-5-2-6-10-16)25(38-18(12-30)21(24)32)36-13-15-7-3-1-4-8-15/h1-10,17-26,29-34H,11-14H2,(H,28,35)/t17?,18?,19?,20-,21+,22?,23?,24?,25-,26-/m0/s1. The fourth-order valence-corrected chi connectivity index (χ4v) is 4.51. The van der Waals surface area contributed by atoms with Crippen molar-refractivity contribution in [3.8, 4) is 0 Å². The summed E-state index contributed by atoms with van der Waals surface area (Å²) in [5.74, 6) is 0. The molecule has 2 heterocycles. The van der Waals surface area contributed by atoms with E-state index in [0.717, 1.165) is 11.1 Å². The van der Waals surface area contributed by atoms with Crippen LogP contribution in [0.2, 0.25) is 0 Å². The minimum Gasteiger partial charge on any atom is -0.445 e. The molecule has 2 aromatic rings. The molecule has 13 nitrogen and oxygen atoms in total. The van der Waals surface area contributed by atoms with Crippen molar-refractivity contribution in [2.45, 2.75) is 74.6 Å². The first-order valence-corrected chi connectivity index (χ1v) is 12.9. The van der Waals surface area contributed by atoms with Gasteiger partial charge in [0, 0.05) is 0 Å². The van der Waals surface area contributed by atoms with Gasteiger partial charge in [-0.25, -0.2) is 4.79 Å². The van der Waals surface area contributed by atoms with Gasteiger partial charge >= 0.3 is 6.09 Å². The zero-order chi connectivity index (χ0) is 28.6. The molecule has 40 heavy (non-hydrogen) atoms. The number of hydrogen-bond acceptors (Lipinski definition) is 12. The van der Waals surface area contributed by atoms with Gasteiger partial charge in [-0.3, -0.25) is 0 Å². The number of hydrogen-bond donors (Lipinski definition) is 7. The monoisotopic (exact) mass is 565 g/mol. The number of aliphatic hydroxyl groups excluding tert-OH is 6. The van der Waals surface area contributed by atoms with Crippen molar-refractivity contribution in [3.63, 3.8) is 0 Å². The molecular weight excluding hydrogens is 530 g/mol. The van der Waals surface area contributed by atoms with Crippen LogP contribution < -0.4 is 5.32 Å². The Labute approximate surface area is 230 Å². The summed E-state index contributed by atoms with van der Waals surface area (Å²) in [5, 5.41) is 63.8. The fraction of sp³-hybridized carbons (Fsp3) is 0.519. The summed E-state index contributed by atoms with van der Waals surface area (Å²) in [7, 11) is 0. The third-order valence-electron chi connectivity index (χ3n) is 6.75. The lowest BCUT2D eigenvalue weighted by Crippen LogP contribution is -2.68. The Hall–Kier alpha value is -2.69. The third-order valence-corrected chi connectivity index (χ3v) is 6.75. The van der Waals surface area contributed by atoms with Crippen LogP contribution in [0.4, 0.5) is 4.79 Å². The van der Waals surface area contributed by atoms with Gasteiger partial charge in [-0.2, -0.15) is 0 Å². The highest BCUT2D eigenvalue weighted by molar-refractivity contribution is 5.67. The Balaban J connectivity index is 1.56. The number of carbonyl (C=O) groups excluding carboxylic acids is 1. The van der Waals surface area contributed by atoms with Crippen LogP contribution >= 0.6 is 0 Å². The van der Waals surface area contributed by atoms with Crippen LogP contribution in [0.5, 0.6) is 0 Å². The van der Waals surface area contributed by atoms with E-state index in [2.05, 4.69) is 5.32 Å². The largest absolute Gasteiger partial charge is 0.445 e. The van der Waals surface area contributed by atoms with Crippen molar-refractivity contribution in [3.05, 3.63) is 71.8 Å². The normalized spacial score (nSPS) is 34.2. The van der Waals surface area contributed by atoms with Crippen LogP contribution in [0.3, 0.4) is 0 Å². The first kappa shape index (κ1) is 30.3. The van der Waals surface area contributed by atoms with Crippen LogP contribution in [0.25, 0.3) is 0 Å². The molecular formula is C27H35NO12. The van der Waals surface area contributed by atoms with E-state index < -0.39 is 80.7 Å². The topological polar surface area (TPSA) is 197 Å². The Morgan fingerprint density at radius 3 is 1.88 bits per heavy atom. The Morgan fingerprint density at radius 1 is 0.725 bits per heavy atom. The molecule has 2 aliphatic rings. The summed E-state index contributed by atoms with van der Waals surface area (Å²) in [5.41, 5.74) is 1.50. The average molecular weight is 566 g/mol. The van der Waals surface area contributed by atoms with E-state index in [1.54, 1.807) is 36.4 Å². The van der Waals surface area contributed by atoms with Gasteiger partial charge in [0.1, 0.15) is 55.4 Å². The zero-order valence-corrected chi connectivity index (χ0v) is 21.5.